The molecule has 2 atom stereocenters. The number of carbonyl (C=O) groups excluding carboxylic acids is 1. The maximum absolute atomic E-state index is 13.6. The van der Waals surface area contributed by atoms with Crippen LogP contribution < -0.4 is 0 Å². The van der Waals surface area contributed by atoms with E-state index >= 15 is 0 Å². The lowest BCUT2D eigenvalue weighted by molar-refractivity contribution is -0.0605. The van der Waals surface area contributed by atoms with Crippen molar-refractivity contribution in [2.75, 3.05) is 13.1 Å². The molecule has 2 aliphatic rings. The molecule has 120 valence electrons. The molecular weight excluding hydrogens is 323 g/mol. The standard InChI is InChI=1S/C15H14ClFN4O2/c16-11-2-1-9(5-12(11)17)15(22)20-4-3-14-13(7-20)21-10(8-23-14)6-18-19-21/h1-2,5-6,13-14H,3-4,7-8H2/t13-,14+/m1/s1. The van der Waals surface area contributed by atoms with Crippen molar-refractivity contribution < 1.29 is 13.9 Å². The molecule has 1 aromatic heterocycles. The molecule has 1 saturated heterocycles. The predicted octanol–water partition coefficient (Wildman–Crippen LogP) is 2.06. The zero-order chi connectivity index (χ0) is 16.0. The summed E-state index contributed by atoms with van der Waals surface area (Å²) in [5.41, 5.74) is 1.19. The van der Waals surface area contributed by atoms with Gasteiger partial charge < -0.3 is 9.64 Å². The van der Waals surface area contributed by atoms with Crippen molar-refractivity contribution in [2.24, 2.45) is 0 Å². The van der Waals surface area contributed by atoms with Crippen molar-refractivity contribution >= 4 is 17.5 Å². The molecule has 8 heteroatoms. The van der Waals surface area contributed by atoms with Crippen LogP contribution in [0.5, 0.6) is 0 Å². The van der Waals surface area contributed by atoms with E-state index in [-0.39, 0.29) is 23.1 Å². The summed E-state index contributed by atoms with van der Waals surface area (Å²) in [4.78, 5) is 14.3. The van der Waals surface area contributed by atoms with Crippen molar-refractivity contribution in [3.63, 3.8) is 0 Å². The van der Waals surface area contributed by atoms with Crippen LogP contribution in [-0.2, 0) is 11.3 Å². The van der Waals surface area contributed by atoms with E-state index in [1.165, 1.54) is 18.2 Å². The summed E-state index contributed by atoms with van der Waals surface area (Å²) in [5.74, 6) is -0.807. The highest BCUT2D eigenvalue weighted by Gasteiger charge is 2.38. The fourth-order valence-corrected chi connectivity index (χ4v) is 3.29. The molecule has 1 fully saturated rings. The second kappa shape index (κ2) is 5.58. The first-order valence-corrected chi connectivity index (χ1v) is 7.76. The molecule has 0 unspecified atom stereocenters. The third-order valence-electron chi connectivity index (χ3n) is 4.38. The van der Waals surface area contributed by atoms with E-state index in [4.69, 9.17) is 16.3 Å². The number of aromatic nitrogens is 3. The van der Waals surface area contributed by atoms with Crippen molar-refractivity contribution in [1.29, 1.82) is 0 Å². The highest BCUT2D eigenvalue weighted by Crippen LogP contribution is 2.30. The fourth-order valence-electron chi connectivity index (χ4n) is 3.18. The van der Waals surface area contributed by atoms with Crippen LogP contribution in [0.2, 0.25) is 5.02 Å². The number of piperidine rings is 1. The van der Waals surface area contributed by atoms with Crippen LogP contribution >= 0.6 is 11.6 Å². The molecule has 4 rings (SSSR count). The molecule has 3 heterocycles. The lowest BCUT2D eigenvalue weighted by Gasteiger charge is -2.41. The van der Waals surface area contributed by atoms with E-state index in [1.807, 2.05) is 4.68 Å². The number of halogens is 2. The molecule has 0 saturated carbocycles. The van der Waals surface area contributed by atoms with Gasteiger partial charge in [0.2, 0.25) is 0 Å². The molecule has 0 bridgehead atoms. The second-order valence-corrected chi connectivity index (χ2v) is 6.16. The van der Waals surface area contributed by atoms with Gasteiger partial charge in [-0.05, 0) is 24.6 Å². The number of amides is 1. The number of fused-ring (bicyclic) bond motifs is 3. The minimum Gasteiger partial charge on any atom is -0.370 e. The molecule has 1 amide bonds. The van der Waals surface area contributed by atoms with E-state index in [0.29, 0.717) is 31.7 Å². The minimum atomic E-state index is -0.591. The van der Waals surface area contributed by atoms with Crippen LogP contribution in [0.3, 0.4) is 0 Å². The summed E-state index contributed by atoms with van der Waals surface area (Å²) >= 11 is 5.67. The summed E-state index contributed by atoms with van der Waals surface area (Å²) in [6.07, 6.45) is 2.41. The van der Waals surface area contributed by atoms with E-state index in [1.54, 1.807) is 11.1 Å². The molecule has 0 spiro atoms. The maximum atomic E-state index is 13.6. The van der Waals surface area contributed by atoms with Gasteiger partial charge in [-0.25, -0.2) is 9.07 Å². The van der Waals surface area contributed by atoms with E-state index in [0.717, 1.165) is 5.69 Å². The Hall–Kier alpha value is -1.99. The minimum absolute atomic E-state index is 0.00759. The number of hydrogen-bond donors (Lipinski definition) is 0. The Morgan fingerprint density at radius 3 is 3.13 bits per heavy atom. The first-order valence-electron chi connectivity index (χ1n) is 7.38. The van der Waals surface area contributed by atoms with Gasteiger partial charge in [0.25, 0.3) is 5.91 Å². The van der Waals surface area contributed by atoms with Crippen molar-refractivity contribution in [3.8, 4) is 0 Å². The van der Waals surface area contributed by atoms with Gasteiger partial charge in [0, 0.05) is 18.7 Å². The number of ether oxygens (including phenoxy) is 1. The highest BCUT2D eigenvalue weighted by molar-refractivity contribution is 6.30. The van der Waals surface area contributed by atoms with Crippen LogP contribution in [0.4, 0.5) is 4.39 Å². The van der Waals surface area contributed by atoms with E-state index in [9.17, 15) is 9.18 Å². The van der Waals surface area contributed by atoms with Crippen LogP contribution in [0.1, 0.15) is 28.5 Å². The number of hydrogen-bond acceptors (Lipinski definition) is 4. The summed E-state index contributed by atoms with van der Waals surface area (Å²) in [6, 6.07) is 4.06. The topological polar surface area (TPSA) is 60.3 Å². The van der Waals surface area contributed by atoms with Gasteiger partial charge in [-0.1, -0.05) is 16.8 Å². The largest absolute Gasteiger partial charge is 0.370 e. The molecular formula is C15H14ClFN4O2. The van der Waals surface area contributed by atoms with Gasteiger partial charge in [0.1, 0.15) is 5.82 Å². The molecule has 23 heavy (non-hydrogen) atoms. The quantitative estimate of drug-likeness (QED) is 0.799. The third kappa shape index (κ3) is 2.49. The normalized spacial score (nSPS) is 23.3. The molecule has 0 N–H and O–H groups in total. The first kappa shape index (κ1) is 14.6. The summed E-state index contributed by atoms with van der Waals surface area (Å²) < 4.78 is 21.2. The Kier molecular flexibility index (Phi) is 3.54. The molecule has 2 aromatic rings. The van der Waals surface area contributed by atoms with Crippen LogP contribution in [-0.4, -0.2) is 45.0 Å². The highest BCUT2D eigenvalue weighted by atomic mass is 35.5. The number of nitrogens with zero attached hydrogens (tertiary/aromatic N) is 4. The van der Waals surface area contributed by atoms with E-state index in [2.05, 4.69) is 10.3 Å². The predicted molar refractivity (Wildman–Crippen MR) is 79.6 cm³/mol. The lowest BCUT2D eigenvalue weighted by atomic mass is 9.99. The number of likely N-dealkylation sites (tertiary alicyclic amines) is 1. The zero-order valence-electron chi connectivity index (χ0n) is 12.2. The molecule has 6 nitrogen and oxygen atoms in total. The molecule has 0 radical (unpaired) electrons. The van der Waals surface area contributed by atoms with Gasteiger partial charge in [0.05, 0.1) is 35.7 Å². The van der Waals surface area contributed by atoms with Crippen molar-refractivity contribution in [3.05, 3.63) is 46.5 Å². The number of rotatable bonds is 1. The Labute approximate surface area is 136 Å². The SMILES string of the molecule is O=C(c1ccc(Cl)c(F)c1)N1CC[C@@H]2OCc3cnnn3[C@@H]2C1. The summed E-state index contributed by atoms with van der Waals surface area (Å²) in [7, 11) is 0. The van der Waals surface area contributed by atoms with Crippen molar-refractivity contribution in [1.82, 2.24) is 19.9 Å². The van der Waals surface area contributed by atoms with E-state index < -0.39 is 5.82 Å². The fraction of sp³-hybridized carbons (Fsp3) is 0.400. The average Bonchev–Trinajstić information content (AvgIpc) is 3.05. The Bertz CT molecular complexity index is 766. The summed E-state index contributed by atoms with van der Waals surface area (Å²) in [5, 5.41) is 8.02. The molecule has 2 aliphatic heterocycles. The number of carbonyl (C=O) groups is 1. The zero-order valence-corrected chi connectivity index (χ0v) is 12.9. The molecule has 1 aromatic carbocycles. The van der Waals surface area contributed by atoms with Gasteiger partial charge in [-0.15, -0.1) is 5.10 Å². The number of benzene rings is 1. The summed E-state index contributed by atoms with van der Waals surface area (Å²) in [6.45, 7) is 1.52. The Morgan fingerprint density at radius 2 is 2.30 bits per heavy atom. The first-order chi connectivity index (χ1) is 11.1. The van der Waals surface area contributed by atoms with Gasteiger partial charge in [-0.2, -0.15) is 0 Å². The lowest BCUT2D eigenvalue weighted by Crippen LogP contribution is -2.49. The van der Waals surface area contributed by atoms with Gasteiger partial charge in [0.15, 0.2) is 0 Å². The monoisotopic (exact) mass is 336 g/mol. The Morgan fingerprint density at radius 1 is 1.43 bits per heavy atom. The van der Waals surface area contributed by atoms with Crippen molar-refractivity contribution in [2.45, 2.75) is 25.2 Å². The van der Waals surface area contributed by atoms with Crippen LogP contribution in [0.25, 0.3) is 0 Å². The maximum Gasteiger partial charge on any atom is 0.254 e. The van der Waals surface area contributed by atoms with Crippen LogP contribution in [0, 0.1) is 5.82 Å². The average molecular weight is 337 g/mol. The van der Waals surface area contributed by atoms with Crippen LogP contribution in [0.15, 0.2) is 24.4 Å². The smallest absolute Gasteiger partial charge is 0.254 e. The molecule has 0 aliphatic carbocycles. The van der Waals surface area contributed by atoms with Gasteiger partial charge >= 0.3 is 0 Å². The Balaban J connectivity index is 1.57. The van der Waals surface area contributed by atoms with Gasteiger partial charge in [-0.3, -0.25) is 4.79 Å². The third-order valence-corrected chi connectivity index (χ3v) is 4.69. The second-order valence-electron chi connectivity index (χ2n) is 5.76.